The third kappa shape index (κ3) is 5.73. The van der Waals surface area contributed by atoms with E-state index in [1.807, 2.05) is 0 Å². The van der Waals surface area contributed by atoms with E-state index in [0.717, 1.165) is 25.1 Å². The lowest BCUT2D eigenvalue weighted by Crippen LogP contribution is -2.41. The number of carbonyl (C=O) groups is 2. The molecule has 0 aromatic rings. The summed E-state index contributed by atoms with van der Waals surface area (Å²) in [7, 11) is 1.64. The van der Waals surface area contributed by atoms with Gasteiger partial charge in [0.25, 0.3) is 0 Å². The number of likely N-dealkylation sites (tertiary alicyclic amines) is 1. The van der Waals surface area contributed by atoms with Crippen LogP contribution in [0.3, 0.4) is 0 Å². The van der Waals surface area contributed by atoms with Crippen LogP contribution < -0.4 is 0 Å². The van der Waals surface area contributed by atoms with Gasteiger partial charge in [-0.15, -0.1) is 11.8 Å². The van der Waals surface area contributed by atoms with Crippen molar-refractivity contribution in [3.8, 4) is 0 Å². The predicted molar refractivity (Wildman–Crippen MR) is 70.8 cm³/mol. The van der Waals surface area contributed by atoms with Crippen LogP contribution in [0.1, 0.15) is 19.3 Å². The van der Waals surface area contributed by atoms with Crippen LogP contribution in [0, 0.1) is 5.92 Å². The summed E-state index contributed by atoms with van der Waals surface area (Å²) in [6.45, 7) is 2.01. The molecular formula is C12H21NO4S. The van der Waals surface area contributed by atoms with Crippen LogP contribution in [-0.4, -0.2) is 60.2 Å². The highest BCUT2D eigenvalue weighted by Gasteiger charge is 2.24. The lowest BCUT2D eigenvalue weighted by molar-refractivity contribution is -0.140. The number of methoxy groups -OCH3 is 1. The monoisotopic (exact) mass is 275 g/mol. The zero-order chi connectivity index (χ0) is 13.4. The highest BCUT2D eigenvalue weighted by molar-refractivity contribution is 7.99. The number of piperidine rings is 1. The van der Waals surface area contributed by atoms with Crippen LogP contribution >= 0.6 is 11.8 Å². The van der Waals surface area contributed by atoms with Crippen molar-refractivity contribution in [1.82, 2.24) is 4.90 Å². The average Bonchev–Trinajstić information content (AvgIpc) is 2.34. The number of ether oxygens (including phenoxy) is 1. The number of rotatable bonds is 7. The molecule has 0 spiro atoms. The molecule has 104 valence electrons. The number of nitrogens with zero attached hydrogens (tertiary/aromatic N) is 1. The molecule has 0 aromatic carbocycles. The second kappa shape index (κ2) is 8.37. The number of carboxylic acid groups (broad SMARTS) is 1. The summed E-state index contributed by atoms with van der Waals surface area (Å²) in [6, 6.07) is 0. The maximum atomic E-state index is 11.9. The summed E-state index contributed by atoms with van der Waals surface area (Å²) < 4.78 is 4.92. The van der Waals surface area contributed by atoms with E-state index in [4.69, 9.17) is 9.84 Å². The SMILES string of the molecule is COCCSCC(=O)N1CCCC(CC(=O)O)C1. The fourth-order valence-corrected chi connectivity index (χ4v) is 2.88. The summed E-state index contributed by atoms with van der Waals surface area (Å²) >= 11 is 1.56. The standard InChI is InChI=1S/C12H21NO4S/c1-17-5-6-18-9-11(14)13-4-2-3-10(8-13)7-12(15)16/h10H,2-9H2,1H3,(H,15,16). The van der Waals surface area contributed by atoms with Crippen LogP contribution in [0.25, 0.3) is 0 Å². The Labute approximate surface area is 112 Å². The van der Waals surface area contributed by atoms with Crippen molar-refractivity contribution < 1.29 is 19.4 Å². The van der Waals surface area contributed by atoms with Crippen molar-refractivity contribution in [2.75, 3.05) is 38.3 Å². The van der Waals surface area contributed by atoms with E-state index in [0.29, 0.717) is 18.9 Å². The van der Waals surface area contributed by atoms with Crippen LogP contribution in [-0.2, 0) is 14.3 Å². The first kappa shape index (κ1) is 15.3. The van der Waals surface area contributed by atoms with E-state index in [9.17, 15) is 9.59 Å². The molecular weight excluding hydrogens is 254 g/mol. The van der Waals surface area contributed by atoms with E-state index in [2.05, 4.69) is 0 Å². The molecule has 1 heterocycles. The Balaban J connectivity index is 2.27. The van der Waals surface area contributed by atoms with Crippen LogP contribution in [0.15, 0.2) is 0 Å². The molecule has 0 saturated carbocycles. The molecule has 5 nitrogen and oxygen atoms in total. The van der Waals surface area contributed by atoms with Gasteiger partial charge < -0.3 is 14.7 Å². The van der Waals surface area contributed by atoms with Gasteiger partial charge in [0, 0.05) is 32.4 Å². The number of carbonyl (C=O) groups excluding carboxylic acids is 1. The number of aliphatic carboxylic acids is 1. The van der Waals surface area contributed by atoms with Crippen LogP contribution in [0.4, 0.5) is 0 Å². The quantitative estimate of drug-likeness (QED) is 0.704. The molecule has 1 aliphatic rings. The van der Waals surface area contributed by atoms with Gasteiger partial charge in [-0.25, -0.2) is 0 Å². The third-order valence-corrected chi connectivity index (χ3v) is 3.90. The minimum atomic E-state index is -0.774. The van der Waals surface area contributed by atoms with E-state index in [1.165, 1.54) is 0 Å². The Hall–Kier alpha value is -0.750. The normalized spacial score (nSPS) is 19.8. The Bertz CT molecular complexity index is 285. The summed E-state index contributed by atoms with van der Waals surface area (Å²) in [5.74, 6) is 0.733. The van der Waals surface area contributed by atoms with Gasteiger partial charge in [0.2, 0.25) is 5.91 Å². The Morgan fingerprint density at radius 1 is 1.50 bits per heavy atom. The molecule has 18 heavy (non-hydrogen) atoms. The molecule has 6 heteroatoms. The van der Waals surface area contributed by atoms with E-state index < -0.39 is 5.97 Å². The van der Waals surface area contributed by atoms with Crippen LogP contribution in [0.5, 0.6) is 0 Å². The van der Waals surface area contributed by atoms with Crippen molar-refractivity contribution in [3.63, 3.8) is 0 Å². The lowest BCUT2D eigenvalue weighted by atomic mass is 9.95. The van der Waals surface area contributed by atoms with Crippen molar-refractivity contribution in [1.29, 1.82) is 0 Å². The molecule has 1 atom stereocenters. The minimum Gasteiger partial charge on any atom is -0.481 e. The number of carboxylic acids is 1. The molecule has 0 radical (unpaired) electrons. The van der Waals surface area contributed by atoms with E-state index in [1.54, 1.807) is 23.8 Å². The molecule has 1 amide bonds. The van der Waals surface area contributed by atoms with Gasteiger partial charge in [0.15, 0.2) is 0 Å². The number of hydrogen-bond acceptors (Lipinski definition) is 4. The third-order valence-electron chi connectivity index (χ3n) is 2.99. The molecule has 0 aliphatic carbocycles. The zero-order valence-corrected chi connectivity index (χ0v) is 11.6. The molecule has 1 unspecified atom stereocenters. The van der Waals surface area contributed by atoms with Gasteiger partial charge in [-0.05, 0) is 18.8 Å². The number of amides is 1. The van der Waals surface area contributed by atoms with Gasteiger partial charge in [-0.3, -0.25) is 9.59 Å². The van der Waals surface area contributed by atoms with Crippen molar-refractivity contribution in [2.45, 2.75) is 19.3 Å². The highest BCUT2D eigenvalue weighted by atomic mass is 32.2. The smallest absolute Gasteiger partial charge is 0.303 e. The first-order valence-corrected chi connectivity index (χ1v) is 7.35. The number of thioether (sulfide) groups is 1. The first-order chi connectivity index (χ1) is 8.63. The molecule has 1 rings (SSSR count). The predicted octanol–water partition coefficient (Wildman–Crippen LogP) is 1.08. The molecule has 1 aliphatic heterocycles. The Morgan fingerprint density at radius 3 is 2.94 bits per heavy atom. The average molecular weight is 275 g/mol. The molecule has 0 bridgehead atoms. The second-order valence-corrected chi connectivity index (χ2v) is 5.60. The summed E-state index contributed by atoms with van der Waals surface area (Å²) in [4.78, 5) is 24.4. The zero-order valence-electron chi connectivity index (χ0n) is 10.8. The Kier molecular flexibility index (Phi) is 7.12. The van der Waals surface area contributed by atoms with Crippen LogP contribution in [0.2, 0.25) is 0 Å². The van der Waals surface area contributed by atoms with Crippen molar-refractivity contribution in [2.24, 2.45) is 5.92 Å². The first-order valence-electron chi connectivity index (χ1n) is 6.19. The maximum absolute atomic E-state index is 11.9. The topological polar surface area (TPSA) is 66.8 Å². The van der Waals surface area contributed by atoms with E-state index >= 15 is 0 Å². The lowest BCUT2D eigenvalue weighted by Gasteiger charge is -2.32. The number of hydrogen-bond donors (Lipinski definition) is 1. The second-order valence-electron chi connectivity index (χ2n) is 4.49. The van der Waals surface area contributed by atoms with Crippen molar-refractivity contribution >= 4 is 23.6 Å². The fraction of sp³-hybridized carbons (Fsp3) is 0.833. The van der Waals surface area contributed by atoms with Gasteiger partial charge in [-0.2, -0.15) is 0 Å². The molecule has 0 aromatic heterocycles. The largest absolute Gasteiger partial charge is 0.481 e. The molecule has 1 fully saturated rings. The summed E-state index contributed by atoms with van der Waals surface area (Å²) in [6.07, 6.45) is 1.99. The van der Waals surface area contributed by atoms with Gasteiger partial charge in [0.1, 0.15) is 0 Å². The van der Waals surface area contributed by atoms with Gasteiger partial charge >= 0.3 is 5.97 Å². The fourth-order valence-electron chi connectivity index (χ4n) is 2.10. The minimum absolute atomic E-state index is 0.115. The van der Waals surface area contributed by atoms with Crippen molar-refractivity contribution in [3.05, 3.63) is 0 Å². The van der Waals surface area contributed by atoms with E-state index in [-0.39, 0.29) is 18.2 Å². The summed E-state index contributed by atoms with van der Waals surface area (Å²) in [5, 5.41) is 8.77. The van der Waals surface area contributed by atoms with Gasteiger partial charge in [0.05, 0.1) is 12.4 Å². The molecule has 1 saturated heterocycles. The molecule has 1 N–H and O–H groups in total. The maximum Gasteiger partial charge on any atom is 0.303 e. The summed E-state index contributed by atoms with van der Waals surface area (Å²) in [5.41, 5.74) is 0. The highest BCUT2D eigenvalue weighted by Crippen LogP contribution is 2.20. The van der Waals surface area contributed by atoms with Gasteiger partial charge in [-0.1, -0.05) is 0 Å². The Morgan fingerprint density at radius 2 is 2.28 bits per heavy atom.